The number of hydrogen-bond acceptors (Lipinski definition) is 2. The van der Waals surface area contributed by atoms with Gasteiger partial charge in [0.2, 0.25) is 5.91 Å². The van der Waals surface area contributed by atoms with Gasteiger partial charge in [-0.25, -0.2) is 10.2 Å². The van der Waals surface area contributed by atoms with Gasteiger partial charge in [-0.3, -0.25) is 10.2 Å². The van der Waals surface area contributed by atoms with Crippen LogP contribution in [-0.4, -0.2) is 11.9 Å². The number of nitrogens with one attached hydrogen (secondary N) is 3. The predicted molar refractivity (Wildman–Crippen MR) is 55.6 cm³/mol. The Bertz CT molecular complexity index is 338. The van der Waals surface area contributed by atoms with Crippen LogP contribution in [0.5, 0.6) is 0 Å². The van der Waals surface area contributed by atoms with E-state index in [-0.39, 0.29) is 5.91 Å². The third kappa shape index (κ3) is 4.66. The van der Waals surface area contributed by atoms with Crippen LogP contribution in [0.4, 0.5) is 4.79 Å². The van der Waals surface area contributed by atoms with Gasteiger partial charge in [0.25, 0.3) is 0 Å². The van der Waals surface area contributed by atoms with E-state index in [4.69, 9.17) is 0 Å². The maximum Gasteiger partial charge on any atom is 0.333 e. The third-order valence-electron chi connectivity index (χ3n) is 1.65. The minimum atomic E-state index is -0.436. The molecule has 0 saturated heterocycles. The lowest BCUT2D eigenvalue weighted by molar-refractivity contribution is -0.119. The summed E-state index contributed by atoms with van der Waals surface area (Å²) in [6.07, 6.45) is 0. The summed E-state index contributed by atoms with van der Waals surface area (Å²) in [5.74, 6) is -0.315. The molecule has 0 aromatic heterocycles. The van der Waals surface area contributed by atoms with Crippen molar-refractivity contribution in [2.45, 2.75) is 13.5 Å². The van der Waals surface area contributed by atoms with Gasteiger partial charge in [0, 0.05) is 13.5 Å². The summed E-state index contributed by atoms with van der Waals surface area (Å²) in [5.41, 5.74) is 5.38. The molecule has 1 aromatic carbocycles. The molecule has 5 nitrogen and oxygen atoms in total. The van der Waals surface area contributed by atoms with Crippen molar-refractivity contribution >= 4 is 11.9 Å². The summed E-state index contributed by atoms with van der Waals surface area (Å²) in [6, 6.07) is 9.05. The fraction of sp³-hybridized carbons (Fsp3) is 0.200. The number of carbonyl (C=O) groups is 2. The first-order valence-corrected chi connectivity index (χ1v) is 4.53. The zero-order valence-electron chi connectivity index (χ0n) is 8.41. The standard InChI is InChI=1S/C10H13N3O2/c1-8(14)12-13-10(15)11-7-9-5-3-2-4-6-9/h2-6H,7H2,1H3,(H,12,14)(H2,11,13,15). The second kappa shape index (κ2) is 5.64. The molecule has 1 aromatic rings. The lowest BCUT2D eigenvalue weighted by Crippen LogP contribution is -2.45. The molecule has 0 unspecified atom stereocenters. The zero-order valence-corrected chi connectivity index (χ0v) is 8.41. The summed E-state index contributed by atoms with van der Waals surface area (Å²) in [4.78, 5) is 21.6. The molecular weight excluding hydrogens is 194 g/mol. The van der Waals surface area contributed by atoms with E-state index in [1.54, 1.807) is 0 Å². The number of amides is 3. The molecule has 0 atom stereocenters. The van der Waals surface area contributed by atoms with E-state index in [2.05, 4.69) is 16.2 Å². The Morgan fingerprint density at radius 3 is 2.40 bits per heavy atom. The van der Waals surface area contributed by atoms with Crippen molar-refractivity contribution in [1.82, 2.24) is 16.2 Å². The van der Waals surface area contributed by atoms with Gasteiger partial charge in [-0.1, -0.05) is 30.3 Å². The minimum Gasteiger partial charge on any atom is -0.333 e. The molecule has 0 aliphatic rings. The van der Waals surface area contributed by atoms with Crippen molar-refractivity contribution < 1.29 is 9.59 Å². The van der Waals surface area contributed by atoms with E-state index in [1.165, 1.54) is 6.92 Å². The van der Waals surface area contributed by atoms with Gasteiger partial charge in [0.15, 0.2) is 0 Å². The molecule has 80 valence electrons. The molecule has 0 aliphatic heterocycles. The highest BCUT2D eigenvalue weighted by Crippen LogP contribution is 1.96. The van der Waals surface area contributed by atoms with E-state index < -0.39 is 6.03 Å². The maximum absolute atomic E-state index is 11.1. The Kier molecular flexibility index (Phi) is 4.15. The van der Waals surface area contributed by atoms with E-state index in [1.807, 2.05) is 30.3 Å². The Morgan fingerprint density at radius 2 is 1.80 bits per heavy atom. The first-order valence-electron chi connectivity index (χ1n) is 4.53. The Labute approximate surface area is 87.8 Å². The molecule has 5 heteroatoms. The third-order valence-corrected chi connectivity index (χ3v) is 1.65. The van der Waals surface area contributed by atoms with E-state index in [0.29, 0.717) is 6.54 Å². The average Bonchev–Trinajstić information content (AvgIpc) is 2.25. The smallest absolute Gasteiger partial charge is 0.333 e. The van der Waals surface area contributed by atoms with Crippen LogP contribution in [0.25, 0.3) is 0 Å². The van der Waals surface area contributed by atoms with Crippen LogP contribution < -0.4 is 16.2 Å². The molecule has 1 rings (SSSR count). The normalized spacial score (nSPS) is 9.13. The summed E-state index contributed by atoms with van der Waals surface area (Å²) >= 11 is 0. The molecule has 0 fully saturated rings. The molecule has 0 aliphatic carbocycles. The van der Waals surface area contributed by atoms with Gasteiger partial charge >= 0.3 is 6.03 Å². The Hall–Kier alpha value is -2.04. The van der Waals surface area contributed by atoms with Crippen molar-refractivity contribution in [2.24, 2.45) is 0 Å². The van der Waals surface area contributed by atoms with Crippen molar-refractivity contribution in [3.05, 3.63) is 35.9 Å². The van der Waals surface area contributed by atoms with Crippen molar-refractivity contribution in [2.75, 3.05) is 0 Å². The van der Waals surface area contributed by atoms with Gasteiger partial charge in [0.1, 0.15) is 0 Å². The number of hydrogen-bond donors (Lipinski definition) is 3. The molecule has 0 spiro atoms. The lowest BCUT2D eigenvalue weighted by atomic mass is 10.2. The van der Waals surface area contributed by atoms with Gasteiger partial charge in [-0.2, -0.15) is 0 Å². The molecule has 0 heterocycles. The van der Waals surface area contributed by atoms with Gasteiger partial charge in [-0.05, 0) is 5.56 Å². The maximum atomic E-state index is 11.1. The van der Waals surface area contributed by atoms with Crippen LogP contribution in [0.3, 0.4) is 0 Å². The summed E-state index contributed by atoms with van der Waals surface area (Å²) in [5, 5.41) is 2.59. The SMILES string of the molecule is CC(=O)NNC(=O)NCc1ccccc1. The molecule has 0 saturated carbocycles. The first kappa shape index (κ1) is 11.0. The van der Waals surface area contributed by atoms with Crippen LogP contribution in [0, 0.1) is 0 Å². The second-order valence-electron chi connectivity index (χ2n) is 2.97. The highest BCUT2D eigenvalue weighted by Gasteiger charge is 1.99. The zero-order chi connectivity index (χ0) is 11.1. The van der Waals surface area contributed by atoms with E-state index in [9.17, 15) is 9.59 Å². The number of hydrazine groups is 1. The van der Waals surface area contributed by atoms with Crippen LogP contribution in [-0.2, 0) is 11.3 Å². The Morgan fingerprint density at radius 1 is 1.13 bits per heavy atom. The topological polar surface area (TPSA) is 70.2 Å². The minimum absolute atomic E-state index is 0.315. The van der Waals surface area contributed by atoms with Crippen molar-refractivity contribution in [1.29, 1.82) is 0 Å². The molecule has 3 amide bonds. The predicted octanol–water partition coefficient (Wildman–Crippen LogP) is 0.537. The molecular formula is C10H13N3O2. The number of rotatable bonds is 2. The lowest BCUT2D eigenvalue weighted by Gasteiger charge is -2.07. The molecule has 0 radical (unpaired) electrons. The number of carbonyl (C=O) groups excluding carboxylic acids is 2. The number of urea groups is 1. The summed E-state index contributed by atoms with van der Waals surface area (Å²) in [7, 11) is 0. The fourth-order valence-corrected chi connectivity index (χ4v) is 0.967. The fourth-order valence-electron chi connectivity index (χ4n) is 0.967. The molecule has 0 bridgehead atoms. The largest absolute Gasteiger partial charge is 0.333 e. The van der Waals surface area contributed by atoms with Crippen molar-refractivity contribution in [3.8, 4) is 0 Å². The van der Waals surface area contributed by atoms with Crippen LogP contribution in [0.2, 0.25) is 0 Å². The highest BCUT2D eigenvalue weighted by atomic mass is 16.2. The summed E-state index contributed by atoms with van der Waals surface area (Å²) in [6.45, 7) is 1.74. The van der Waals surface area contributed by atoms with Crippen LogP contribution >= 0.6 is 0 Å². The molecule has 15 heavy (non-hydrogen) atoms. The van der Waals surface area contributed by atoms with Crippen molar-refractivity contribution in [3.63, 3.8) is 0 Å². The second-order valence-corrected chi connectivity index (χ2v) is 2.97. The van der Waals surface area contributed by atoms with Crippen LogP contribution in [0.1, 0.15) is 12.5 Å². The summed E-state index contributed by atoms with van der Waals surface area (Å²) < 4.78 is 0. The van der Waals surface area contributed by atoms with Gasteiger partial charge in [0.05, 0.1) is 0 Å². The number of benzene rings is 1. The van der Waals surface area contributed by atoms with Gasteiger partial charge in [-0.15, -0.1) is 0 Å². The Balaban J connectivity index is 2.26. The average molecular weight is 207 g/mol. The van der Waals surface area contributed by atoms with Crippen LogP contribution in [0.15, 0.2) is 30.3 Å². The monoisotopic (exact) mass is 207 g/mol. The quantitative estimate of drug-likeness (QED) is 0.619. The highest BCUT2D eigenvalue weighted by molar-refractivity contribution is 5.79. The first-order chi connectivity index (χ1) is 7.18. The van der Waals surface area contributed by atoms with E-state index in [0.717, 1.165) is 5.56 Å². The van der Waals surface area contributed by atoms with E-state index >= 15 is 0 Å². The molecule has 3 N–H and O–H groups in total. The van der Waals surface area contributed by atoms with Gasteiger partial charge < -0.3 is 5.32 Å².